The Hall–Kier alpha value is -3.36. The molecule has 3 heterocycles. The lowest BCUT2D eigenvalue weighted by atomic mass is 10.1. The SMILES string of the molecule is Cn1c(NCc2nccc3c2CCO3)ncc(-c2ccc(C(F)(F)F)cc2)c1=O. The monoisotopic (exact) mass is 402 g/mol. The number of rotatable bonds is 4. The Kier molecular flexibility index (Phi) is 4.73. The number of nitrogens with zero attached hydrogens (tertiary/aromatic N) is 3. The van der Waals surface area contributed by atoms with Crippen molar-refractivity contribution < 1.29 is 17.9 Å². The summed E-state index contributed by atoms with van der Waals surface area (Å²) >= 11 is 0. The Morgan fingerprint density at radius 1 is 1.17 bits per heavy atom. The molecule has 0 atom stereocenters. The molecule has 1 N–H and O–H groups in total. The van der Waals surface area contributed by atoms with Gasteiger partial charge in [-0.05, 0) is 23.8 Å². The first-order valence-corrected chi connectivity index (χ1v) is 8.91. The lowest BCUT2D eigenvalue weighted by molar-refractivity contribution is -0.137. The minimum atomic E-state index is -4.42. The summed E-state index contributed by atoms with van der Waals surface area (Å²) in [5.74, 6) is 1.15. The van der Waals surface area contributed by atoms with Gasteiger partial charge in [-0.1, -0.05) is 12.1 Å². The van der Waals surface area contributed by atoms with Crippen molar-refractivity contribution >= 4 is 5.95 Å². The molecule has 3 aromatic rings. The van der Waals surface area contributed by atoms with Gasteiger partial charge in [0.2, 0.25) is 5.95 Å². The number of anilines is 1. The van der Waals surface area contributed by atoms with Crippen LogP contribution in [-0.4, -0.2) is 21.1 Å². The second kappa shape index (κ2) is 7.23. The summed E-state index contributed by atoms with van der Waals surface area (Å²) in [7, 11) is 1.55. The highest BCUT2D eigenvalue weighted by Gasteiger charge is 2.30. The molecule has 4 rings (SSSR count). The van der Waals surface area contributed by atoms with Crippen LogP contribution in [0.5, 0.6) is 5.75 Å². The number of hydrogen-bond acceptors (Lipinski definition) is 5. The fourth-order valence-corrected chi connectivity index (χ4v) is 3.24. The van der Waals surface area contributed by atoms with E-state index in [1.807, 2.05) is 6.07 Å². The summed E-state index contributed by atoms with van der Waals surface area (Å²) in [5.41, 5.74) is 1.32. The number of benzene rings is 1. The van der Waals surface area contributed by atoms with Crippen LogP contribution in [0.15, 0.2) is 47.5 Å². The molecule has 0 bridgehead atoms. The van der Waals surface area contributed by atoms with E-state index >= 15 is 0 Å². The molecule has 0 spiro atoms. The maximum atomic E-state index is 12.7. The molecule has 9 heteroatoms. The summed E-state index contributed by atoms with van der Waals surface area (Å²) in [6, 6.07) is 6.26. The minimum Gasteiger partial charge on any atom is -0.493 e. The van der Waals surface area contributed by atoms with Gasteiger partial charge in [-0.2, -0.15) is 13.2 Å². The van der Waals surface area contributed by atoms with Gasteiger partial charge in [0, 0.05) is 31.4 Å². The predicted molar refractivity (Wildman–Crippen MR) is 101 cm³/mol. The largest absolute Gasteiger partial charge is 0.493 e. The third-order valence-corrected chi connectivity index (χ3v) is 4.82. The van der Waals surface area contributed by atoms with Gasteiger partial charge in [-0.15, -0.1) is 0 Å². The van der Waals surface area contributed by atoms with Crippen molar-refractivity contribution in [1.82, 2.24) is 14.5 Å². The van der Waals surface area contributed by atoms with Gasteiger partial charge in [0.15, 0.2) is 0 Å². The molecule has 150 valence electrons. The quantitative estimate of drug-likeness (QED) is 0.724. The fourth-order valence-electron chi connectivity index (χ4n) is 3.24. The van der Waals surface area contributed by atoms with Gasteiger partial charge >= 0.3 is 6.18 Å². The van der Waals surface area contributed by atoms with Gasteiger partial charge < -0.3 is 10.1 Å². The summed E-state index contributed by atoms with van der Waals surface area (Å²) in [4.78, 5) is 21.3. The first-order chi connectivity index (χ1) is 13.8. The zero-order valence-corrected chi connectivity index (χ0v) is 15.5. The molecule has 0 aliphatic carbocycles. The van der Waals surface area contributed by atoms with E-state index in [-0.39, 0.29) is 11.1 Å². The summed E-state index contributed by atoms with van der Waals surface area (Å²) in [5, 5.41) is 3.09. The van der Waals surface area contributed by atoms with E-state index in [1.165, 1.54) is 22.9 Å². The Morgan fingerprint density at radius 3 is 2.66 bits per heavy atom. The number of hydrogen-bond donors (Lipinski definition) is 1. The van der Waals surface area contributed by atoms with Crippen molar-refractivity contribution in [3.8, 4) is 16.9 Å². The molecule has 0 radical (unpaired) electrons. The zero-order chi connectivity index (χ0) is 20.6. The van der Waals surface area contributed by atoms with E-state index in [0.717, 1.165) is 35.6 Å². The third kappa shape index (κ3) is 3.67. The molecule has 2 aromatic heterocycles. The van der Waals surface area contributed by atoms with Crippen molar-refractivity contribution in [2.24, 2.45) is 7.05 Å². The highest BCUT2D eigenvalue weighted by Crippen LogP contribution is 2.30. The second-order valence-corrected chi connectivity index (χ2v) is 6.62. The normalized spacial score (nSPS) is 13.1. The number of fused-ring (bicyclic) bond motifs is 1. The third-order valence-electron chi connectivity index (χ3n) is 4.82. The molecule has 0 unspecified atom stereocenters. The van der Waals surface area contributed by atoms with E-state index in [9.17, 15) is 18.0 Å². The van der Waals surface area contributed by atoms with E-state index in [4.69, 9.17) is 4.74 Å². The molecule has 6 nitrogen and oxygen atoms in total. The van der Waals surface area contributed by atoms with Gasteiger partial charge in [-0.3, -0.25) is 14.3 Å². The Morgan fingerprint density at radius 2 is 1.93 bits per heavy atom. The molecule has 29 heavy (non-hydrogen) atoms. The van der Waals surface area contributed by atoms with Crippen molar-refractivity contribution in [3.05, 3.63) is 69.9 Å². The van der Waals surface area contributed by atoms with E-state index in [1.54, 1.807) is 13.2 Å². The van der Waals surface area contributed by atoms with Crippen LogP contribution >= 0.6 is 0 Å². The molecule has 0 fully saturated rings. The molecular formula is C20H17F3N4O2. The first kappa shape index (κ1) is 19.0. The average molecular weight is 402 g/mol. The maximum Gasteiger partial charge on any atom is 0.416 e. The van der Waals surface area contributed by atoms with Crippen molar-refractivity contribution in [2.45, 2.75) is 19.1 Å². The van der Waals surface area contributed by atoms with Crippen LogP contribution in [0.1, 0.15) is 16.8 Å². The van der Waals surface area contributed by atoms with Crippen LogP contribution in [0.4, 0.5) is 19.1 Å². The van der Waals surface area contributed by atoms with Gasteiger partial charge in [0.25, 0.3) is 5.56 Å². The lowest BCUT2D eigenvalue weighted by Gasteiger charge is -2.13. The number of pyridine rings is 1. The van der Waals surface area contributed by atoms with Gasteiger partial charge in [0.1, 0.15) is 5.75 Å². The molecule has 1 aliphatic heterocycles. The predicted octanol–water partition coefficient (Wildman–Crippen LogP) is 3.41. The Balaban J connectivity index is 1.56. The molecule has 0 amide bonds. The van der Waals surface area contributed by atoms with E-state index < -0.39 is 11.7 Å². The molecule has 1 aromatic carbocycles. The summed E-state index contributed by atoms with van der Waals surface area (Å²) in [6.45, 7) is 0.985. The first-order valence-electron chi connectivity index (χ1n) is 8.91. The number of alkyl halides is 3. The summed E-state index contributed by atoms with van der Waals surface area (Å²) < 4.78 is 45.0. The highest BCUT2D eigenvalue weighted by molar-refractivity contribution is 5.62. The number of nitrogens with one attached hydrogen (secondary N) is 1. The molecular weight excluding hydrogens is 385 g/mol. The van der Waals surface area contributed by atoms with Crippen molar-refractivity contribution in [2.75, 3.05) is 11.9 Å². The second-order valence-electron chi connectivity index (χ2n) is 6.62. The number of halogens is 3. The van der Waals surface area contributed by atoms with Crippen LogP contribution in [0.25, 0.3) is 11.1 Å². The molecule has 0 saturated carbocycles. The van der Waals surface area contributed by atoms with Crippen LogP contribution in [0.2, 0.25) is 0 Å². The average Bonchev–Trinajstić information content (AvgIpc) is 3.18. The fraction of sp³-hybridized carbons (Fsp3) is 0.250. The highest BCUT2D eigenvalue weighted by atomic mass is 19.4. The van der Waals surface area contributed by atoms with Gasteiger partial charge in [-0.25, -0.2) is 4.98 Å². The van der Waals surface area contributed by atoms with Crippen molar-refractivity contribution in [3.63, 3.8) is 0 Å². The number of aromatic nitrogens is 3. The Labute approximate surface area is 164 Å². The zero-order valence-electron chi connectivity index (χ0n) is 15.5. The van der Waals surface area contributed by atoms with Crippen LogP contribution in [0, 0.1) is 0 Å². The smallest absolute Gasteiger partial charge is 0.416 e. The van der Waals surface area contributed by atoms with Gasteiger partial charge in [0.05, 0.1) is 30.0 Å². The van der Waals surface area contributed by atoms with E-state index in [2.05, 4.69) is 15.3 Å². The topological polar surface area (TPSA) is 69.0 Å². The van der Waals surface area contributed by atoms with Crippen LogP contribution in [-0.2, 0) is 26.2 Å². The molecule has 0 saturated heterocycles. The molecule has 1 aliphatic rings. The number of ether oxygens (including phenoxy) is 1. The van der Waals surface area contributed by atoms with E-state index in [0.29, 0.717) is 24.7 Å². The Bertz CT molecular complexity index is 1110. The standard InChI is InChI=1S/C20H17F3N4O2/c1-27-18(28)15(12-2-4-13(5-3-12)20(21,22)23)10-25-19(27)26-11-16-14-7-9-29-17(14)6-8-24-16/h2-6,8,10H,7,9,11H2,1H3,(H,25,26). The van der Waals surface area contributed by atoms with Crippen LogP contribution in [0.3, 0.4) is 0 Å². The maximum absolute atomic E-state index is 12.7. The lowest BCUT2D eigenvalue weighted by Crippen LogP contribution is -2.23. The summed E-state index contributed by atoms with van der Waals surface area (Å²) in [6.07, 6.45) is -0.619. The van der Waals surface area contributed by atoms with Crippen molar-refractivity contribution in [1.29, 1.82) is 0 Å². The minimum absolute atomic E-state index is 0.221. The van der Waals surface area contributed by atoms with Crippen LogP contribution < -0.4 is 15.6 Å².